The lowest BCUT2D eigenvalue weighted by atomic mass is 10.2. The van der Waals surface area contributed by atoms with Gasteiger partial charge in [-0.1, -0.05) is 0 Å². The van der Waals surface area contributed by atoms with Crippen molar-refractivity contribution in [3.63, 3.8) is 0 Å². The summed E-state index contributed by atoms with van der Waals surface area (Å²) in [6.45, 7) is 8.16. The van der Waals surface area contributed by atoms with Crippen molar-refractivity contribution < 1.29 is 9.53 Å². The number of hydrogen-bond acceptors (Lipinski definition) is 8. The average molecular weight is 493 g/mol. The minimum absolute atomic E-state index is 0.421. The number of ether oxygens (including phenoxy) is 1. The van der Waals surface area contributed by atoms with Crippen molar-refractivity contribution in [3.05, 3.63) is 102 Å². The van der Waals surface area contributed by atoms with Crippen LogP contribution in [0.3, 0.4) is 0 Å². The molecule has 0 N–H and O–H groups in total. The van der Waals surface area contributed by atoms with Gasteiger partial charge in [-0.15, -0.1) is 0 Å². The molecule has 0 saturated carbocycles. The fraction of sp³-hybridized carbons (Fsp3) is 0.172. The van der Waals surface area contributed by atoms with Crippen LogP contribution in [0, 0.1) is 6.92 Å². The third-order valence-electron chi connectivity index (χ3n) is 5.68. The molecule has 0 bridgehead atoms. The van der Waals surface area contributed by atoms with E-state index in [0.717, 1.165) is 35.7 Å². The van der Waals surface area contributed by atoms with E-state index >= 15 is 0 Å². The number of aryl methyl sites for hydroxylation is 1. The Morgan fingerprint density at radius 3 is 1.95 bits per heavy atom. The van der Waals surface area contributed by atoms with Crippen LogP contribution in [-0.4, -0.2) is 24.0 Å². The summed E-state index contributed by atoms with van der Waals surface area (Å²) in [5.74, 6) is -0.00876. The van der Waals surface area contributed by atoms with Crippen LogP contribution in [0.4, 0.5) is 28.4 Å². The molecule has 8 nitrogen and oxygen atoms in total. The number of azo groups is 2. The maximum atomic E-state index is 12.3. The highest BCUT2D eigenvalue weighted by molar-refractivity contribution is 5.91. The molecule has 0 aliphatic heterocycles. The fourth-order valence-electron chi connectivity index (χ4n) is 3.60. The molecule has 0 amide bonds. The minimum atomic E-state index is -0.449. The summed E-state index contributed by atoms with van der Waals surface area (Å²) in [6, 6.07) is 23.7. The van der Waals surface area contributed by atoms with Gasteiger partial charge in [0.2, 0.25) is 0 Å². The summed E-state index contributed by atoms with van der Waals surface area (Å²) in [5, 5.41) is 17.3. The molecule has 0 spiro atoms. The van der Waals surface area contributed by atoms with Gasteiger partial charge < -0.3 is 9.64 Å². The Morgan fingerprint density at radius 2 is 1.32 bits per heavy atom. The third-order valence-corrected chi connectivity index (χ3v) is 5.68. The Labute approximate surface area is 216 Å². The van der Waals surface area contributed by atoms with E-state index in [2.05, 4.69) is 56.3 Å². The number of aromatic nitrogens is 1. The molecule has 0 radical (unpaired) electrons. The van der Waals surface area contributed by atoms with Gasteiger partial charge in [-0.3, -0.25) is 4.98 Å². The first-order chi connectivity index (χ1) is 18.1. The van der Waals surface area contributed by atoms with Crippen molar-refractivity contribution >= 4 is 34.4 Å². The Hall–Kier alpha value is -4.72. The number of carbonyl (C=O) groups excluding carboxylic acids is 1. The molecule has 0 aliphatic rings. The van der Waals surface area contributed by atoms with E-state index in [-0.39, 0.29) is 0 Å². The lowest BCUT2D eigenvalue weighted by molar-refractivity contribution is 0.0734. The molecule has 1 aromatic heterocycles. The van der Waals surface area contributed by atoms with Crippen molar-refractivity contribution in [2.75, 3.05) is 18.0 Å². The first-order valence-corrected chi connectivity index (χ1v) is 12.1. The van der Waals surface area contributed by atoms with Crippen LogP contribution >= 0.6 is 0 Å². The Kier molecular flexibility index (Phi) is 8.44. The zero-order chi connectivity index (χ0) is 26.0. The van der Waals surface area contributed by atoms with Crippen LogP contribution in [0.5, 0.6) is 5.75 Å². The first kappa shape index (κ1) is 25.4. The van der Waals surface area contributed by atoms with Gasteiger partial charge in [0.05, 0.1) is 28.3 Å². The maximum Gasteiger partial charge on any atom is 0.343 e. The topological polar surface area (TPSA) is 91.9 Å². The fourth-order valence-corrected chi connectivity index (χ4v) is 3.60. The second-order valence-corrected chi connectivity index (χ2v) is 8.18. The normalized spacial score (nSPS) is 11.2. The van der Waals surface area contributed by atoms with Crippen LogP contribution in [-0.2, 0) is 0 Å². The monoisotopic (exact) mass is 492 g/mol. The number of nitrogens with zero attached hydrogens (tertiary/aromatic N) is 6. The smallest absolute Gasteiger partial charge is 0.343 e. The number of benzene rings is 3. The van der Waals surface area contributed by atoms with E-state index in [0.29, 0.717) is 17.0 Å². The molecule has 8 heteroatoms. The molecule has 4 rings (SSSR count). The number of pyridine rings is 1. The van der Waals surface area contributed by atoms with Gasteiger partial charge in [0.1, 0.15) is 5.75 Å². The molecule has 186 valence electrons. The zero-order valence-electron chi connectivity index (χ0n) is 21.1. The Morgan fingerprint density at radius 1 is 0.757 bits per heavy atom. The number of carbonyl (C=O) groups is 1. The maximum absolute atomic E-state index is 12.3. The van der Waals surface area contributed by atoms with E-state index in [4.69, 9.17) is 4.74 Å². The number of esters is 1. The Balaban J connectivity index is 1.37. The molecular weight excluding hydrogens is 464 g/mol. The summed E-state index contributed by atoms with van der Waals surface area (Å²) in [6.07, 6.45) is 3.13. The SMILES string of the molecule is CCN(CC)c1ccc(N=Nc2ccc(N=Nc3ccc(C(=O)Oc4ccncc4)cc3)c(C)c2)cc1. The van der Waals surface area contributed by atoms with Gasteiger partial charge in [-0.25, -0.2) is 4.79 Å². The third kappa shape index (κ3) is 6.91. The van der Waals surface area contributed by atoms with Crippen molar-refractivity contribution in [3.8, 4) is 5.75 Å². The highest BCUT2D eigenvalue weighted by atomic mass is 16.5. The number of rotatable bonds is 9. The largest absolute Gasteiger partial charge is 0.423 e. The summed E-state index contributed by atoms with van der Waals surface area (Å²) < 4.78 is 5.32. The quantitative estimate of drug-likeness (QED) is 0.174. The van der Waals surface area contributed by atoms with Crippen molar-refractivity contribution in [2.24, 2.45) is 20.5 Å². The number of anilines is 1. The van der Waals surface area contributed by atoms with E-state index in [1.54, 1.807) is 48.8 Å². The van der Waals surface area contributed by atoms with E-state index in [9.17, 15) is 4.79 Å². The summed E-state index contributed by atoms with van der Waals surface area (Å²) in [5.41, 5.74) is 5.40. The summed E-state index contributed by atoms with van der Waals surface area (Å²) >= 11 is 0. The highest BCUT2D eigenvalue weighted by Gasteiger charge is 2.08. The van der Waals surface area contributed by atoms with Crippen LogP contribution in [0.15, 0.2) is 112 Å². The molecule has 0 aliphatic carbocycles. The van der Waals surface area contributed by atoms with E-state index < -0.39 is 5.97 Å². The minimum Gasteiger partial charge on any atom is -0.423 e. The van der Waals surface area contributed by atoms with Gasteiger partial charge >= 0.3 is 5.97 Å². The lowest BCUT2D eigenvalue weighted by Crippen LogP contribution is -2.21. The van der Waals surface area contributed by atoms with E-state index in [1.807, 2.05) is 37.3 Å². The van der Waals surface area contributed by atoms with Gasteiger partial charge in [-0.2, -0.15) is 20.5 Å². The van der Waals surface area contributed by atoms with Crippen LogP contribution in [0.25, 0.3) is 0 Å². The predicted molar refractivity (Wildman–Crippen MR) is 145 cm³/mol. The van der Waals surface area contributed by atoms with E-state index in [1.165, 1.54) is 5.69 Å². The molecule has 1 heterocycles. The molecule has 0 atom stereocenters. The molecular formula is C29H28N6O2. The number of hydrogen-bond donors (Lipinski definition) is 0. The van der Waals surface area contributed by atoms with Crippen LogP contribution in [0.2, 0.25) is 0 Å². The molecule has 0 saturated heterocycles. The molecule has 0 fully saturated rings. The molecule has 0 unspecified atom stereocenters. The standard InChI is InChI=1S/C29H28N6O2/c1-4-35(5-2)26-13-10-24(11-14-26)31-33-25-12-15-28(21(3)20-25)34-32-23-8-6-22(7-9-23)29(36)37-27-16-18-30-19-17-27/h6-20H,4-5H2,1-3H3. The molecule has 4 aromatic rings. The van der Waals surface area contributed by atoms with Crippen molar-refractivity contribution in [2.45, 2.75) is 20.8 Å². The first-order valence-electron chi connectivity index (χ1n) is 12.1. The second-order valence-electron chi connectivity index (χ2n) is 8.18. The van der Waals surface area contributed by atoms with Crippen LogP contribution in [0.1, 0.15) is 29.8 Å². The summed E-state index contributed by atoms with van der Waals surface area (Å²) in [4.78, 5) is 18.5. The van der Waals surface area contributed by atoms with Crippen LogP contribution < -0.4 is 9.64 Å². The molecule has 3 aromatic carbocycles. The van der Waals surface area contributed by atoms with Gasteiger partial charge in [0.25, 0.3) is 0 Å². The summed E-state index contributed by atoms with van der Waals surface area (Å²) in [7, 11) is 0. The Bertz CT molecular complexity index is 1380. The van der Waals surface area contributed by atoms with Crippen molar-refractivity contribution in [1.29, 1.82) is 0 Å². The van der Waals surface area contributed by atoms with Gasteiger partial charge in [0, 0.05) is 31.2 Å². The van der Waals surface area contributed by atoms with Gasteiger partial charge in [-0.05, 0) is 105 Å². The zero-order valence-corrected chi connectivity index (χ0v) is 21.1. The average Bonchev–Trinajstić information content (AvgIpc) is 2.93. The van der Waals surface area contributed by atoms with Gasteiger partial charge in [0.15, 0.2) is 0 Å². The predicted octanol–water partition coefficient (Wildman–Crippen LogP) is 8.29. The lowest BCUT2D eigenvalue weighted by Gasteiger charge is -2.20. The second kappa shape index (κ2) is 12.3. The molecule has 37 heavy (non-hydrogen) atoms. The highest BCUT2D eigenvalue weighted by Crippen LogP contribution is 2.28. The van der Waals surface area contributed by atoms with Crippen molar-refractivity contribution in [1.82, 2.24) is 4.98 Å².